The number of rotatable bonds is 9. The van der Waals surface area contributed by atoms with E-state index in [9.17, 15) is 24.0 Å². The lowest BCUT2D eigenvalue weighted by Crippen LogP contribution is -2.33. The lowest BCUT2D eigenvalue weighted by molar-refractivity contribution is -0.230. The van der Waals surface area contributed by atoms with E-state index in [1.54, 1.807) is 41.5 Å². The molecule has 0 bridgehead atoms. The van der Waals surface area contributed by atoms with Crippen molar-refractivity contribution in [1.29, 1.82) is 0 Å². The van der Waals surface area contributed by atoms with Crippen molar-refractivity contribution < 1.29 is 47.1 Å². The zero-order valence-electron chi connectivity index (χ0n) is 17.7. The van der Waals surface area contributed by atoms with Gasteiger partial charge in [-0.1, -0.05) is 27.7 Å². The first kappa shape index (κ1) is 25.4. The van der Waals surface area contributed by atoms with E-state index in [2.05, 4.69) is 0 Å². The first-order chi connectivity index (χ1) is 13.2. The van der Waals surface area contributed by atoms with Gasteiger partial charge in [0.05, 0.1) is 37.2 Å². The van der Waals surface area contributed by atoms with Gasteiger partial charge in [-0.2, -0.15) is 0 Å². The molecule has 10 unspecified atom stereocenters. The summed E-state index contributed by atoms with van der Waals surface area (Å²) in [5, 5.41) is 10.0. The molecule has 0 aliphatic carbocycles. The monoisotopic (exact) mass is 459 g/mol. The maximum absolute atomic E-state index is 12.3. The molecule has 0 spiro atoms. The van der Waals surface area contributed by atoms with Crippen molar-refractivity contribution in [3.63, 3.8) is 0 Å². The van der Waals surface area contributed by atoms with E-state index in [-0.39, 0.29) is 30.7 Å². The molecular formula is C17H33O10P2-. The molecule has 2 saturated heterocycles. The van der Waals surface area contributed by atoms with Crippen LogP contribution >= 0.6 is 15.4 Å². The summed E-state index contributed by atoms with van der Waals surface area (Å²) in [7, 11) is -8.59. The zero-order valence-corrected chi connectivity index (χ0v) is 19.5. The third kappa shape index (κ3) is 6.32. The Kier molecular flexibility index (Phi) is 8.53. The second kappa shape index (κ2) is 9.74. The van der Waals surface area contributed by atoms with Crippen LogP contribution in [0.2, 0.25) is 0 Å². The average Bonchev–Trinajstić information content (AvgIpc) is 3.02. The molecule has 172 valence electrons. The lowest BCUT2D eigenvalue weighted by Gasteiger charge is -2.29. The molecule has 0 aromatic carbocycles. The fraction of sp³-hybridized carbons (Fsp3) is 1.00. The van der Waals surface area contributed by atoms with E-state index in [1.807, 2.05) is 0 Å². The highest BCUT2D eigenvalue weighted by Crippen LogP contribution is 2.51. The van der Waals surface area contributed by atoms with Gasteiger partial charge in [0, 0.05) is 11.8 Å². The summed E-state index contributed by atoms with van der Waals surface area (Å²) in [5.41, 5.74) is -0.608. The van der Waals surface area contributed by atoms with Crippen molar-refractivity contribution in [2.24, 2.45) is 11.8 Å². The summed E-state index contributed by atoms with van der Waals surface area (Å²) in [6, 6.07) is 0. The fourth-order valence-electron chi connectivity index (χ4n) is 3.28. The summed E-state index contributed by atoms with van der Waals surface area (Å²) in [4.78, 5) is 22.2. The number of phosphoric ester groups is 1. The second-order valence-electron chi connectivity index (χ2n) is 8.23. The molecule has 2 N–H and O–H groups in total. The van der Waals surface area contributed by atoms with Crippen LogP contribution < -0.4 is 4.89 Å². The zero-order chi connectivity index (χ0) is 22.1. The van der Waals surface area contributed by atoms with Crippen LogP contribution in [-0.2, 0) is 32.2 Å². The van der Waals surface area contributed by atoms with Gasteiger partial charge < -0.3 is 37.9 Å². The molecule has 2 aliphatic heterocycles. The minimum Gasteiger partial charge on any atom is -0.756 e. The average molecular weight is 459 g/mol. The molecule has 10 atom stereocenters. The largest absolute Gasteiger partial charge is 0.756 e. The van der Waals surface area contributed by atoms with E-state index in [0.717, 1.165) is 0 Å². The molecule has 12 heteroatoms. The van der Waals surface area contributed by atoms with Crippen LogP contribution in [0, 0.1) is 11.8 Å². The van der Waals surface area contributed by atoms with Gasteiger partial charge in [0.1, 0.15) is 18.3 Å². The number of hydrogen-bond acceptors (Lipinski definition) is 9. The van der Waals surface area contributed by atoms with Crippen LogP contribution in [0.5, 0.6) is 0 Å². The van der Waals surface area contributed by atoms with Gasteiger partial charge in [0.15, 0.2) is 0 Å². The summed E-state index contributed by atoms with van der Waals surface area (Å²) in [5.74, 6) is -0.377. The highest BCUT2D eigenvalue weighted by atomic mass is 31.2. The highest BCUT2D eigenvalue weighted by molar-refractivity contribution is 7.53. The molecular weight excluding hydrogens is 426 g/mol. The van der Waals surface area contributed by atoms with Crippen LogP contribution in [0.1, 0.15) is 41.5 Å². The topological polar surface area (TPSA) is 144 Å². The first-order valence-electron chi connectivity index (χ1n) is 9.85. The number of phosphoric acid groups is 1. The van der Waals surface area contributed by atoms with Crippen molar-refractivity contribution in [3.05, 3.63) is 0 Å². The Morgan fingerprint density at radius 1 is 0.966 bits per heavy atom. The van der Waals surface area contributed by atoms with Gasteiger partial charge in [0.2, 0.25) is 0 Å². The molecule has 0 aromatic rings. The third-order valence-electron chi connectivity index (χ3n) is 5.78. The van der Waals surface area contributed by atoms with E-state index in [1.165, 1.54) is 0 Å². The van der Waals surface area contributed by atoms with Crippen LogP contribution in [0.4, 0.5) is 0 Å². The van der Waals surface area contributed by atoms with Gasteiger partial charge in [-0.3, -0.25) is 9.13 Å². The van der Waals surface area contributed by atoms with Crippen molar-refractivity contribution in [2.75, 3.05) is 13.2 Å². The minimum absolute atomic E-state index is 0.140. The fourth-order valence-corrected chi connectivity index (χ4v) is 4.93. The van der Waals surface area contributed by atoms with E-state index in [0.29, 0.717) is 0 Å². The van der Waals surface area contributed by atoms with Crippen LogP contribution in [0.15, 0.2) is 0 Å². The summed E-state index contributed by atoms with van der Waals surface area (Å²) < 4.78 is 50.7. The standard InChI is InChI=1S/C17H34O10P2/c1-9(2)28(19,20)27-17-11(4)13(6)26-15(17)8-24-29(21,22)23-7-14-16(18)10(3)12(5)25-14/h9-18H,7-8H2,1-6H3,(H,19,20)(H,21,22)/p-1. The SMILES string of the molecule is CC1OC(COP(=O)([O-])OCC2OC(C)C(C)C2OP(=O)(O)C(C)C)C(O)C1C. The number of aliphatic hydroxyl groups excluding tert-OH is 1. The quantitative estimate of drug-likeness (QED) is 0.489. The lowest BCUT2D eigenvalue weighted by atomic mass is 10.00. The number of aliphatic hydroxyl groups is 1. The molecule has 2 aliphatic rings. The molecule has 10 nitrogen and oxygen atoms in total. The van der Waals surface area contributed by atoms with E-state index < -0.39 is 52.1 Å². The predicted molar refractivity (Wildman–Crippen MR) is 102 cm³/mol. The van der Waals surface area contributed by atoms with Gasteiger partial charge in [-0.15, -0.1) is 0 Å². The minimum atomic E-state index is -4.71. The first-order valence-corrected chi connectivity index (χ1v) is 13.0. The van der Waals surface area contributed by atoms with E-state index in [4.69, 9.17) is 23.0 Å². The summed E-state index contributed by atoms with van der Waals surface area (Å²) in [6.45, 7) is 9.51. The van der Waals surface area contributed by atoms with Crippen molar-refractivity contribution in [2.45, 2.75) is 83.8 Å². The molecule has 0 amide bonds. The van der Waals surface area contributed by atoms with Gasteiger partial charge in [0.25, 0.3) is 7.82 Å². The highest BCUT2D eigenvalue weighted by Gasteiger charge is 2.45. The third-order valence-corrected chi connectivity index (χ3v) is 8.56. The molecule has 2 fully saturated rings. The normalized spacial score (nSPS) is 42.1. The van der Waals surface area contributed by atoms with Crippen LogP contribution in [0.25, 0.3) is 0 Å². The molecule has 0 aromatic heterocycles. The van der Waals surface area contributed by atoms with Gasteiger partial charge in [-0.25, -0.2) is 0 Å². The second-order valence-corrected chi connectivity index (χ2v) is 12.0. The van der Waals surface area contributed by atoms with Crippen molar-refractivity contribution in [3.8, 4) is 0 Å². The molecule has 0 radical (unpaired) electrons. The summed E-state index contributed by atoms with van der Waals surface area (Å²) in [6.07, 6.45) is -3.78. The Morgan fingerprint density at radius 2 is 1.45 bits per heavy atom. The Balaban J connectivity index is 1.92. The van der Waals surface area contributed by atoms with Gasteiger partial charge >= 0.3 is 7.60 Å². The Morgan fingerprint density at radius 3 is 1.93 bits per heavy atom. The molecule has 2 heterocycles. The summed E-state index contributed by atoms with van der Waals surface area (Å²) >= 11 is 0. The molecule has 0 saturated carbocycles. The van der Waals surface area contributed by atoms with Gasteiger partial charge in [-0.05, 0) is 13.8 Å². The Hall–Kier alpha value is 0.140. The predicted octanol–water partition coefficient (Wildman–Crippen LogP) is 1.67. The molecule has 29 heavy (non-hydrogen) atoms. The maximum Gasteiger partial charge on any atom is 0.330 e. The van der Waals surface area contributed by atoms with Crippen LogP contribution in [-0.4, -0.2) is 65.5 Å². The molecule has 2 rings (SSSR count). The van der Waals surface area contributed by atoms with E-state index >= 15 is 0 Å². The number of ether oxygens (including phenoxy) is 2. The smallest absolute Gasteiger partial charge is 0.330 e. The van der Waals surface area contributed by atoms with Crippen LogP contribution in [0.3, 0.4) is 0 Å². The Bertz CT molecular complexity index is 644. The maximum atomic E-state index is 12.3. The Labute approximate surface area is 172 Å². The van der Waals surface area contributed by atoms with Crippen molar-refractivity contribution in [1.82, 2.24) is 0 Å². The van der Waals surface area contributed by atoms with Crippen molar-refractivity contribution >= 4 is 15.4 Å². The number of hydrogen-bond donors (Lipinski definition) is 2.